The predicted octanol–water partition coefficient (Wildman–Crippen LogP) is 1.62. The summed E-state index contributed by atoms with van der Waals surface area (Å²) in [5.74, 6) is -1.19. The summed E-state index contributed by atoms with van der Waals surface area (Å²) in [6.45, 7) is 1.52. The van der Waals surface area contributed by atoms with Crippen LogP contribution in [0.4, 0.5) is 0 Å². The lowest BCUT2D eigenvalue weighted by atomic mass is 9.99. The van der Waals surface area contributed by atoms with Gasteiger partial charge in [-0.25, -0.2) is 9.86 Å². The summed E-state index contributed by atoms with van der Waals surface area (Å²) in [6, 6.07) is 17.5. The van der Waals surface area contributed by atoms with Gasteiger partial charge < -0.3 is 10.1 Å². The molecule has 1 saturated heterocycles. The zero-order chi connectivity index (χ0) is 19.9. The Morgan fingerprint density at radius 1 is 1.00 bits per heavy atom. The number of carbonyl (C=O) groups excluding carboxylic acids is 3. The zero-order valence-electron chi connectivity index (χ0n) is 15.5. The molecular weight excluding hydrogens is 360 g/mol. The summed E-state index contributed by atoms with van der Waals surface area (Å²) >= 11 is 0. The Labute approximate surface area is 163 Å². The fraction of sp³-hybridized carbons (Fsp3) is 0.286. The molecule has 28 heavy (non-hydrogen) atoms. The Morgan fingerprint density at radius 3 is 2.21 bits per heavy atom. The maximum absolute atomic E-state index is 12.2. The smallest absolute Gasteiger partial charge is 0.335 e. The van der Waals surface area contributed by atoms with Gasteiger partial charge >= 0.3 is 5.97 Å². The lowest BCUT2D eigenvalue weighted by Crippen LogP contribution is -2.69. The maximum Gasteiger partial charge on any atom is 0.335 e. The number of ether oxygens (including phenoxy) is 1. The van der Waals surface area contributed by atoms with Crippen molar-refractivity contribution in [2.75, 3.05) is 6.61 Å². The van der Waals surface area contributed by atoms with Crippen molar-refractivity contribution >= 4 is 17.8 Å². The van der Waals surface area contributed by atoms with Crippen LogP contribution in [-0.2, 0) is 37.0 Å². The molecule has 0 aromatic heterocycles. The van der Waals surface area contributed by atoms with Crippen molar-refractivity contribution in [3.63, 3.8) is 0 Å². The maximum atomic E-state index is 12.2. The van der Waals surface area contributed by atoms with E-state index in [-0.39, 0.29) is 37.5 Å². The lowest BCUT2D eigenvalue weighted by Gasteiger charge is -2.43. The number of amides is 2. The van der Waals surface area contributed by atoms with Gasteiger partial charge in [0.25, 0.3) is 5.91 Å². The van der Waals surface area contributed by atoms with Crippen LogP contribution >= 0.6 is 0 Å². The van der Waals surface area contributed by atoms with Gasteiger partial charge in [0.15, 0.2) is 6.61 Å². The van der Waals surface area contributed by atoms with Gasteiger partial charge in [-0.05, 0) is 18.1 Å². The van der Waals surface area contributed by atoms with Gasteiger partial charge in [-0.3, -0.25) is 14.4 Å². The molecule has 2 unspecified atom stereocenters. The second-order valence-corrected chi connectivity index (χ2v) is 6.53. The highest BCUT2D eigenvalue weighted by molar-refractivity contribution is 5.93. The minimum absolute atomic E-state index is 0.144. The molecule has 2 amide bonds. The van der Waals surface area contributed by atoms with E-state index in [1.54, 1.807) is 6.92 Å². The van der Waals surface area contributed by atoms with Gasteiger partial charge in [0.1, 0.15) is 12.6 Å². The lowest BCUT2D eigenvalue weighted by molar-refractivity contribution is -0.234. The Bertz CT molecular complexity index is 825. The number of esters is 1. The number of benzene rings is 2. The molecule has 7 nitrogen and oxygen atoms in total. The number of nitrogens with zero attached hydrogens (tertiary/aromatic N) is 1. The molecule has 1 heterocycles. The molecule has 2 aromatic rings. The summed E-state index contributed by atoms with van der Waals surface area (Å²) in [4.78, 5) is 41.3. The van der Waals surface area contributed by atoms with E-state index in [4.69, 9.17) is 9.57 Å². The molecule has 146 valence electrons. The molecule has 1 fully saturated rings. The topological polar surface area (TPSA) is 84.9 Å². The highest BCUT2D eigenvalue weighted by Gasteiger charge is 2.46. The second-order valence-electron chi connectivity index (χ2n) is 6.53. The van der Waals surface area contributed by atoms with Crippen molar-refractivity contribution in [1.29, 1.82) is 0 Å². The van der Waals surface area contributed by atoms with Crippen LogP contribution in [-0.4, -0.2) is 41.5 Å². The fourth-order valence-corrected chi connectivity index (χ4v) is 2.87. The first kappa shape index (κ1) is 19.6. The molecule has 3 rings (SSSR count). The van der Waals surface area contributed by atoms with E-state index in [1.807, 2.05) is 60.7 Å². The SMILES string of the molecule is CC1C(NC(=O)Cc2ccccc2)C(=O)N1OCC(=O)OCc1ccccc1. The molecular formula is C21H22N2O5. The van der Waals surface area contributed by atoms with Crippen molar-refractivity contribution < 1.29 is 24.0 Å². The Balaban J connectivity index is 1.39. The minimum Gasteiger partial charge on any atom is -0.459 e. The Morgan fingerprint density at radius 2 is 1.61 bits per heavy atom. The summed E-state index contributed by atoms with van der Waals surface area (Å²) < 4.78 is 5.10. The number of hydrogen-bond donors (Lipinski definition) is 1. The van der Waals surface area contributed by atoms with Crippen LogP contribution < -0.4 is 5.32 Å². The summed E-state index contributed by atoms with van der Waals surface area (Å²) in [5, 5.41) is 3.80. The van der Waals surface area contributed by atoms with Crippen molar-refractivity contribution in [3.8, 4) is 0 Å². The van der Waals surface area contributed by atoms with Gasteiger partial charge in [0, 0.05) is 0 Å². The monoisotopic (exact) mass is 382 g/mol. The largest absolute Gasteiger partial charge is 0.459 e. The molecule has 2 aromatic carbocycles. The number of hydroxylamine groups is 2. The molecule has 7 heteroatoms. The number of hydrogen-bond acceptors (Lipinski definition) is 5. The van der Waals surface area contributed by atoms with Crippen molar-refractivity contribution in [3.05, 3.63) is 71.8 Å². The van der Waals surface area contributed by atoms with Crippen molar-refractivity contribution in [1.82, 2.24) is 10.4 Å². The average molecular weight is 382 g/mol. The van der Waals surface area contributed by atoms with Crippen molar-refractivity contribution in [2.24, 2.45) is 0 Å². The fourth-order valence-electron chi connectivity index (χ4n) is 2.87. The van der Waals surface area contributed by atoms with Crippen LogP contribution in [0.1, 0.15) is 18.1 Å². The van der Waals surface area contributed by atoms with Crippen LogP contribution in [0.3, 0.4) is 0 Å². The molecule has 0 saturated carbocycles. The first-order chi connectivity index (χ1) is 13.5. The van der Waals surface area contributed by atoms with Crippen LogP contribution in [0.15, 0.2) is 60.7 Å². The summed E-state index contributed by atoms with van der Waals surface area (Å²) in [6.07, 6.45) is 0.198. The quantitative estimate of drug-likeness (QED) is 0.554. The highest BCUT2D eigenvalue weighted by Crippen LogP contribution is 2.20. The molecule has 0 radical (unpaired) electrons. The molecule has 0 spiro atoms. The highest BCUT2D eigenvalue weighted by atomic mass is 16.7. The molecule has 2 atom stereocenters. The molecule has 0 aliphatic carbocycles. The van der Waals surface area contributed by atoms with E-state index in [1.165, 1.54) is 0 Å². The van der Waals surface area contributed by atoms with Gasteiger partial charge in [-0.1, -0.05) is 60.7 Å². The number of rotatable bonds is 8. The third-order valence-electron chi connectivity index (χ3n) is 4.42. The normalized spacial score (nSPS) is 18.3. The standard InChI is InChI=1S/C21H22N2O5/c1-15-20(22-18(24)12-16-8-4-2-5-9-16)21(26)23(15)28-14-19(25)27-13-17-10-6-3-7-11-17/h2-11,15,20H,12-14H2,1H3,(H,22,24). The summed E-state index contributed by atoms with van der Waals surface area (Å²) in [7, 11) is 0. The first-order valence-corrected chi connectivity index (χ1v) is 9.03. The number of nitrogens with one attached hydrogen (secondary N) is 1. The molecule has 0 bridgehead atoms. The van der Waals surface area contributed by atoms with E-state index in [2.05, 4.69) is 5.32 Å². The Hall–Kier alpha value is -3.19. The molecule has 1 aliphatic rings. The van der Waals surface area contributed by atoms with E-state index in [9.17, 15) is 14.4 Å². The molecule has 1 N–H and O–H groups in total. The van der Waals surface area contributed by atoms with Gasteiger partial charge in [0.05, 0.1) is 12.5 Å². The van der Waals surface area contributed by atoms with Crippen LogP contribution in [0.5, 0.6) is 0 Å². The van der Waals surface area contributed by atoms with E-state index in [0.717, 1.165) is 16.2 Å². The first-order valence-electron chi connectivity index (χ1n) is 9.03. The predicted molar refractivity (Wildman–Crippen MR) is 101 cm³/mol. The van der Waals surface area contributed by atoms with E-state index in [0.29, 0.717) is 0 Å². The van der Waals surface area contributed by atoms with Crippen LogP contribution in [0, 0.1) is 0 Å². The van der Waals surface area contributed by atoms with E-state index < -0.39 is 12.0 Å². The Kier molecular flexibility index (Phi) is 6.39. The number of β-lactam (4-membered cyclic amide) rings is 1. The van der Waals surface area contributed by atoms with Crippen LogP contribution in [0.25, 0.3) is 0 Å². The van der Waals surface area contributed by atoms with Gasteiger partial charge in [0.2, 0.25) is 5.91 Å². The summed E-state index contributed by atoms with van der Waals surface area (Å²) in [5.41, 5.74) is 1.74. The van der Waals surface area contributed by atoms with Crippen LogP contribution in [0.2, 0.25) is 0 Å². The minimum atomic E-state index is -0.656. The third-order valence-corrected chi connectivity index (χ3v) is 4.42. The second kappa shape index (κ2) is 9.14. The number of carbonyl (C=O) groups is 3. The van der Waals surface area contributed by atoms with Gasteiger partial charge in [-0.15, -0.1) is 0 Å². The van der Waals surface area contributed by atoms with Gasteiger partial charge in [-0.2, -0.15) is 0 Å². The van der Waals surface area contributed by atoms with Crippen molar-refractivity contribution in [2.45, 2.75) is 32.0 Å². The zero-order valence-corrected chi connectivity index (χ0v) is 15.5. The third kappa shape index (κ3) is 4.95. The average Bonchev–Trinajstić information content (AvgIpc) is 2.72. The molecule has 1 aliphatic heterocycles. The van der Waals surface area contributed by atoms with E-state index >= 15 is 0 Å².